The van der Waals surface area contributed by atoms with Crippen molar-refractivity contribution in [3.05, 3.63) is 34.9 Å². The summed E-state index contributed by atoms with van der Waals surface area (Å²) in [6.45, 7) is 3.98. The third-order valence-corrected chi connectivity index (χ3v) is 3.53. The van der Waals surface area contributed by atoms with E-state index in [0.717, 1.165) is 16.7 Å². The Hall–Kier alpha value is -1.35. The van der Waals surface area contributed by atoms with Gasteiger partial charge in [-0.05, 0) is 37.8 Å². The van der Waals surface area contributed by atoms with Crippen molar-refractivity contribution in [3.8, 4) is 0 Å². The molecule has 0 atom stereocenters. The van der Waals surface area contributed by atoms with E-state index in [1.54, 1.807) is 0 Å². The number of carbonyl (C=O) groups is 1. The molecule has 1 fully saturated rings. The van der Waals surface area contributed by atoms with Crippen LogP contribution < -0.4 is 5.73 Å². The number of carboxylic acid groups (broad SMARTS) is 1. The summed E-state index contributed by atoms with van der Waals surface area (Å²) in [5, 5.41) is 9.39. The standard InChI is InChI=1S/C13H17NO2/c1-8-3-4-11(9(2)5-8)13(12(15)16)6-10(14)7-13/h3-5,10H,6-7,14H2,1-2H3,(H,15,16). The van der Waals surface area contributed by atoms with Crippen LogP contribution in [-0.4, -0.2) is 17.1 Å². The van der Waals surface area contributed by atoms with Crippen LogP contribution in [0.5, 0.6) is 0 Å². The summed E-state index contributed by atoms with van der Waals surface area (Å²) in [5.74, 6) is -0.749. The fourth-order valence-corrected chi connectivity index (χ4v) is 2.70. The van der Waals surface area contributed by atoms with Crippen LogP contribution in [0.1, 0.15) is 29.5 Å². The summed E-state index contributed by atoms with van der Waals surface area (Å²) in [6, 6.07) is 5.96. The monoisotopic (exact) mass is 219 g/mol. The van der Waals surface area contributed by atoms with Crippen molar-refractivity contribution >= 4 is 5.97 Å². The summed E-state index contributed by atoms with van der Waals surface area (Å²) in [7, 11) is 0. The second kappa shape index (κ2) is 3.59. The molecule has 0 aliphatic heterocycles. The topological polar surface area (TPSA) is 63.3 Å². The minimum Gasteiger partial charge on any atom is -0.481 e. The van der Waals surface area contributed by atoms with Gasteiger partial charge in [0.15, 0.2) is 0 Å². The molecule has 3 heteroatoms. The Labute approximate surface area is 95.3 Å². The Balaban J connectivity index is 2.45. The van der Waals surface area contributed by atoms with Gasteiger partial charge in [-0.15, -0.1) is 0 Å². The molecule has 1 aliphatic rings. The van der Waals surface area contributed by atoms with Gasteiger partial charge in [0.1, 0.15) is 0 Å². The molecule has 1 saturated carbocycles. The molecule has 0 radical (unpaired) electrons. The second-order valence-electron chi connectivity index (χ2n) is 4.87. The number of aryl methyl sites for hydroxylation is 2. The Kier molecular flexibility index (Phi) is 2.50. The maximum atomic E-state index is 11.4. The van der Waals surface area contributed by atoms with E-state index in [9.17, 15) is 9.90 Å². The van der Waals surface area contributed by atoms with Gasteiger partial charge in [0.2, 0.25) is 0 Å². The molecule has 0 spiro atoms. The van der Waals surface area contributed by atoms with Gasteiger partial charge >= 0.3 is 5.97 Å². The van der Waals surface area contributed by atoms with Gasteiger partial charge in [0, 0.05) is 6.04 Å². The fraction of sp³-hybridized carbons (Fsp3) is 0.462. The van der Waals surface area contributed by atoms with Crippen LogP contribution >= 0.6 is 0 Å². The van der Waals surface area contributed by atoms with Gasteiger partial charge in [-0.3, -0.25) is 4.79 Å². The van der Waals surface area contributed by atoms with Crippen molar-refractivity contribution in [1.82, 2.24) is 0 Å². The lowest BCUT2D eigenvalue weighted by Crippen LogP contribution is -2.54. The lowest BCUT2D eigenvalue weighted by molar-refractivity contribution is -0.148. The molecule has 0 unspecified atom stereocenters. The predicted molar refractivity (Wildman–Crippen MR) is 62.4 cm³/mol. The fourth-order valence-electron chi connectivity index (χ4n) is 2.70. The molecule has 86 valence electrons. The molecule has 1 aromatic carbocycles. The molecule has 16 heavy (non-hydrogen) atoms. The Morgan fingerprint density at radius 3 is 2.50 bits per heavy atom. The van der Waals surface area contributed by atoms with Gasteiger partial charge in [-0.25, -0.2) is 0 Å². The predicted octanol–water partition coefficient (Wildman–Crippen LogP) is 1.75. The smallest absolute Gasteiger partial charge is 0.314 e. The van der Waals surface area contributed by atoms with Crippen LogP contribution in [-0.2, 0) is 10.2 Å². The molecule has 0 bridgehead atoms. The van der Waals surface area contributed by atoms with Gasteiger partial charge in [-0.1, -0.05) is 23.8 Å². The van der Waals surface area contributed by atoms with E-state index in [4.69, 9.17) is 5.73 Å². The molecule has 0 heterocycles. The largest absolute Gasteiger partial charge is 0.481 e. The second-order valence-corrected chi connectivity index (χ2v) is 4.87. The zero-order chi connectivity index (χ0) is 11.9. The molecule has 1 aromatic rings. The number of rotatable bonds is 2. The minimum absolute atomic E-state index is 0.0248. The number of aliphatic carboxylic acids is 1. The maximum Gasteiger partial charge on any atom is 0.314 e. The normalized spacial score (nSPS) is 28.6. The number of hydrogen-bond acceptors (Lipinski definition) is 2. The third-order valence-electron chi connectivity index (χ3n) is 3.53. The van der Waals surface area contributed by atoms with Crippen molar-refractivity contribution in [2.75, 3.05) is 0 Å². The lowest BCUT2D eigenvalue weighted by atomic mass is 9.61. The zero-order valence-corrected chi connectivity index (χ0v) is 9.66. The highest BCUT2D eigenvalue weighted by Gasteiger charge is 2.51. The Morgan fingerprint density at radius 1 is 1.44 bits per heavy atom. The summed E-state index contributed by atoms with van der Waals surface area (Å²) >= 11 is 0. The van der Waals surface area contributed by atoms with E-state index >= 15 is 0 Å². The quantitative estimate of drug-likeness (QED) is 0.796. The highest BCUT2D eigenvalue weighted by molar-refractivity contribution is 5.83. The van der Waals surface area contributed by atoms with Gasteiger partial charge in [-0.2, -0.15) is 0 Å². The van der Waals surface area contributed by atoms with Gasteiger partial charge < -0.3 is 10.8 Å². The number of benzene rings is 1. The van der Waals surface area contributed by atoms with Crippen molar-refractivity contribution in [2.24, 2.45) is 5.73 Å². The van der Waals surface area contributed by atoms with Crippen LogP contribution in [0.4, 0.5) is 0 Å². The first-order valence-electron chi connectivity index (χ1n) is 5.52. The van der Waals surface area contributed by atoms with E-state index in [1.165, 1.54) is 0 Å². The van der Waals surface area contributed by atoms with E-state index in [2.05, 4.69) is 0 Å². The Bertz CT molecular complexity index is 434. The average Bonchev–Trinajstić information content (AvgIpc) is 2.12. The van der Waals surface area contributed by atoms with Crippen LogP contribution in [0, 0.1) is 13.8 Å². The molecule has 0 aromatic heterocycles. The van der Waals surface area contributed by atoms with Gasteiger partial charge in [0.05, 0.1) is 5.41 Å². The molecular formula is C13H17NO2. The first-order chi connectivity index (χ1) is 7.45. The Morgan fingerprint density at radius 2 is 2.06 bits per heavy atom. The summed E-state index contributed by atoms with van der Waals surface area (Å²) in [6.07, 6.45) is 1.10. The molecule has 1 aliphatic carbocycles. The maximum absolute atomic E-state index is 11.4. The third kappa shape index (κ3) is 1.52. The van der Waals surface area contributed by atoms with Crippen LogP contribution in [0.15, 0.2) is 18.2 Å². The molecular weight excluding hydrogens is 202 g/mol. The van der Waals surface area contributed by atoms with Crippen LogP contribution in [0.25, 0.3) is 0 Å². The van der Waals surface area contributed by atoms with E-state index < -0.39 is 11.4 Å². The van der Waals surface area contributed by atoms with Crippen LogP contribution in [0.2, 0.25) is 0 Å². The summed E-state index contributed by atoms with van der Waals surface area (Å²) in [4.78, 5) is 11.4. The van der Waals surface area contributed by atoms with Crippen molar-refractivity contribution in [1.29, 1.82) is 0 Å². The first kappa shape index (κ1) is 11.1. The zero-order valence-electron chi connectivity index (χ0n) is 9.66. The van der Waals surface area contributed by atoms with Gasteiger partial charge in [0.25, 0.3) is 0 Å². The van der Waals surface area contributed by atoms with E-state index in [-0.39, 0.29) is 6.04 Å². The van der Waals surface area contributed by atoms with Crippen molar-refractivity contribution < 1.29 is 9.90 Å². The number of nitrogens with two attached hydrogens (primary N) is 1. The summed E-state index contributed by atoms with van der Waals surface area (Å²) < 4.78 is 0. The van der Waals surface area contributed by atoms with Crippen LogP contribution in [0.3, 0.4) is 0 Å². The minimum atomic E-state index is -0.749. The SMILES string of the molecule is Cc1ccc(C2(C(=O)O)CC(N)C2)c(C)c1. The molecule has 0 saturated heterocycles. The van der Waals surface area contributed by atoms with Crippen molar-refractivity contribution in [3.63, 3.8) is 0 Å². The lowest BCUT2D eigenvalue weighted by Gasteiger charge is -2.43. The highest BCUT2D eigenvalue weighted by atomic mass is 16.4. The van der Waals surface area contributed by atoms with Crippen molar-refractivity contribution in [2.45, 2.75) is 38.1 Å². The van der Waals surface area contributed by atoms with E-state index in [0.29, 0.717) is 12.8 Å². The molecule has 0 amide bonds. The average molecular weight is 219 g/mol. The van der Waals surface area contributed by atoms with E-state index in [1.807, 2.05) is 32.0 Å². The number of carboxylic acids is 1. The number of hydrogen-bond donors (Lipinski definition) is 2. The molecule has 3 nitrogen and oxygen atoms in total. The molecule has 2 rings (SSSR count). The first-order valence-corrected chi connectivity index (χ1v) is 5.52. The summed E-state index contributed by atoms with van der Waals surface area (Å²) in [5.41, 5.74) is 8.14. The molecule has 3 N–H and O–H groups in total. The highest BCUT2D eigenvalue weighted by Crippen LogP contribution is 2.44.